The number of hydrogen-bond donors (Lipinski definition) is 2. The van der Waals surface area contributed by atoms with Crippen molar-refractivity contribution in [2.75, 3.05) is 4.72 Å². The minimum atomic E-state index is -3.80. The number of aromatic amines is 1. The Morgan fingerprint density at radius 3 is 2.78 bits per heavy atom. The monoisotopic (exact) mass is 345 g/mol. The van der Waals surface area contributed by atoms with Crippen molar-refractivity contribution in [3.8, 4) is 0 Å². The Labute approximate surface area is 138 Å². The molecule has 0 amide bonds. The quantitative estimate of drug-likeness (QED) is 0.687. The lowest BCUT2D eigenvalue weighted by molar-refractivity contribution is 0.601. The molecule has 0 fully saturated rings. The van der Waals surface area contributed by atoms with Gasteiger partial charge in [-0.1, -0.05) is 29.8 Å². The van der Waals surface area contributed by atoms with Gasteiger partial charge < -0.3 is 4.98 Å². The Kier molecular flexibility index (Phi) is 3.76. The van der Waals surface area contributed by atoms with E-state index in [1.807, 2.05) is 6.92 Å². The zero-order chi connectivity index (χ0) is 16.6. The molecule has 0 aliphatic carbocycles. The Morgan fingerprint density at radius 1 is 1.26 bits per heavy atom. The predicted octanol–water partition coefficient (Wildman–Crippen LogP) is 4.48. The summed E-state index contributed by atoms with van der Waals surface area (Å²) in [4.78, 5) is 6.28. The summed E-state index contributed by atoms with van der Waals surface area (Å²) in [6.07, 6.45) is 1.62. The molecule has 0 bridgehead atoms. The summed E-state index contributed by atoms with van der Waals surface area (Å²) in [7, 11) is -3.80. The van der Waals surface area contributed by atoms with E-state index in [0.29, 0.717) is 16.2 Å². The van der Waals surface area contributed by atoms with Crippen LogP contribution in [0.5, 0.6) is 0 Å². The second-order valence-corrected chi connectivity index (χ2v) is 7.12. The van der Waals surface area contributed by atoms with Crippen LogP contribution in [0.1, 0.15) is 5.56 Å². The number of H-pyrrole nitrogens is 1. The second kappa shape index (κ2) is 5.61. The molecule has 1 aromatic heterocycles. The normalized spacial score (nSPS) is 11.3. The van der Waals surface area contributed by atoms with Gasteiger partial charge in [0.15, 0.2) is 5.69 Å². The van der Waals surface area contributed by atoms with E-state index in [0.717, 1.165) is 10.9 Å². The Balaban J connectivity index is 2.08. The van der Waals surface area contributed by atoms with Crippen LogP contribution in [0.15, 0.2) is 47.5 Å². The molecule has 2 aromatic carbocycles. The van der Waals surface area contributed by atoms with Gasteiger partial charge in [-0.05, 0) is 30.7 Å². The van der Waals surface area contributed by atoms with Gasteiger partial charge >= 0.3 is 0 Å². The van der Waals surface area contributed by atoms with Crippen molar-refractivity contribution in [1.82, 2.24) is 4.98 Å². The van der Waals surface area contributed by atoms with Gasteiger partial charge in [-0.25, -0.2) is 13.3 Å². The van der Waals surface area contributed by atoms with Crippen molar-refractivity contribution in [1.29, 1.82) is 0 Å². The molecular weight excluding hydrogens is 334 g/mol. The summed E-state index contributed by atoms with van der Waals surface area (Å²) >= 11 is 6.14. The summed E-state index contributed by atoms with van der Waals surface area (Å²) < 4.78 is 27.6. The first-order valence-electron chi connectivity index (χ1n) is 6.69. The van der Waals surface area contributed by atoms with E-state index >= 15 is 0 Å². The molecule has 0 aliphatic rings. The number of aryl methyl sites for hydroxylation is 1. The molecule has 0 unspecified atom stereocenters. The van der Waals surface area contributed by atoms with Gasteiger partial charge in [0.05, 0.1) is 27.7 Å². The van der Waals surface area contributed by atoms with Crippen LogP contribution < -0.4 is 4.72 Å². The standard InChI is InChI=1S/C16H12ClN3O2S/c1-10-6-7-14(16-15(10)13(17)9-19-16)20-23(21,22)12-5-3-4-11(8-12)18-2/h3-9,19-20H,1H3. The van der Waals surface area contributed by atoms with Crippen LogP contribution in [0.25, 0.3) is 15.7 Å². The third kappa shape index (κ3) is 2.77. The van der Waals surface area contributed by atoms with Gasteiger partial charge in [0.2, 0.25) is 0 Å². The summed E-state index contributed by atoms with van der Waals surface area (Å²) in [5.74, 6) is 0. The SMILES string of the molecule is [C-]#[N+]c1cccc(S(=O)(=O)Nc2ccc(C)c3c(Cl)c[nH]c23)c1. The van der Waals surface area contributed by atoms with Crippen LogP contribution >= 0.6 is 11.6 Å². The minimum absolute atomic E-state index is 0.0392. The van der Waals surface area contributed by atoms with E-state index in [4.69, 9.17) is 18.2 Å². The highest BCUT2D eigenvalue weighted by molar-refractivity contribution is 7.92. The van der Waals surface area contributed by atoms with Gasteiger partial charge in [0.25, 0.3) is 10.0 Å². The van der Waals surface area contributed by atoms with E-state index in [-0.39, 0.29) is 10.6 Å². The minimum Gasteiger partial charge on any atom is -0.358 e. The molecule has 0 atom stereocenters. The molecule has 116 valence electrons. The first-order valence-corrected chi connectivity index (χ1v) is 8.55. The number of anilines is 1. The molecule has 0 saturated carbocycles. The number of benzene rings is 2. The molecule has 1 heterocycles. The molecule has 0 radical (unpaired) electrons. The topological polar surface area (TPSA) is 66.3 Å². The maximum Gasteiger partial charge on any atom is 0.260 e. The lowest BCUT2D eigenvalue weighted by atomic mass is 10.1. The molecule has 5 nitrogen and oxygen atoms in total. The highest BCUT2D eigenvalue weighted by Gasteiger charge is 2.17. The van der Waals surface area contributed by atoms with E-state index in [9.17, 15) is 8.42 Å². The van der Waals surface area contributed by atoms with Crippen molar-refractivity contribution in [3.63, 3.8) is 0 Å². The third-order valence-corrected chi connectivity index (χ3v) is 5.16. The molecular formula is C16H12ClN3O2S. The molecule has 23 heavy (non-hydrogen) atoms. The number of sulfonamides is 1. The average Bonchev–Trinajstić information content (AvgIpc) is 2.93. The molecule has 3 rings (SSSR count). The van der Waals surface area contributed by atoms with Gasteiger partial charge in [0.1, 0.15) is 0 Å². The number of aromatic nitrogens is 1. The first kappa shape index (κ1) is 15.4. The summed E-state index contributed by atoms with van der Waals surface area (Å²) in [6.45, 7) is 8.89. The van der Waals surface area contributed by atoms with Crippen LogP contribution in [0, 0.1) is 13.5 Å². The Bertz CT molecular complexity index is 1050. The number of fused-ring (bicyclic) bond motifs is 1. The zero-order valence-electron chi connectivity index (χ0n) is 12.1. The summed E-state index contributed by atoms with van der Waals surface area (Å²) in [5.41, 5.74) is 2.25. The highest BCUT2D eigenvalue weighted by Crippen LogP contribution is 2.32. The van der Waals surface area contributed by atoms with Crippen LogP contribution in [0.2, 0.25) is 5.02 Å². The van der Waals surface area contributed by atoms with Crippen molar-refractivity contribution < 1.29 is 8.42 Å². The summed E-state index contributed by atoms with van der Waals surface area (Å²) in [5, 5.41) is 1.32. The molecule has 0 saturated heterocycles. The Morgan fingerprint density at radius 2 is 2.04 bits per heavy atom. The lowest BCUT2D eigenvalue weighted by Gasteiger charge is -2.10. The number of hydrogen-bond acceptors (Lipinski definition) is 2. The number of halogens is 1. The molecule has 0 aliphatic heterocycles. The smallest absolute Gasteiger partial charge is 0.260 e. The largest absolute Gasteiger partial charge is 0.358 e. The molecule has 2 N–H and O–H groups in total. The van der Waals surface area contributed by atoms with Crippen molar-refractivity contribution in [3.05, 3.63) is 64.6 Å². The van der Waals surface area contributed by atoms with Crippen LogP contribution in [0.3, 0.4) is 0 Å². The van der Waals surface area contributed by atoms with Crippen molar-refractivity contribution in [2.45, 2.75) is 11.8 Å². The van der Waals surface area contributed by atoms with E-state index in [2.05, 4.69) is 14.6 Å². The van der Waals surface area contributed by atoms with Gasteiger partial charge in [-0.3, -0.25) is 4.72 Å². The van der Waals surface area contributed by atoms with Crippen LogP contribution in [-0.2, 0) is 10.0 Å². The number of rotatable bonds is 3. The maximum absolute atomic E-state index is 12.5. The zero-order valence-corrected chi connectivity index (χ0v) is 13.7. The first-order chi connectivity index (χ1) is 10.9. The fourth-order valence-electron chi connectivity index (χ4n) is 2.38. The van der Waals surface area contributed by atoms with Crippen molar-refractivity contribution >= 4 is 43.9 Å². The Hall–Kier alpha value is -2.49. The highest BCUT2D eigenvalue weighted by atomic mass is 35.5. The predicted molar refractivity (Wildman–Crippen MR) is 91.6 cm³/mol. The van der Waals surface area contributed by atoms with Gasteiger partial charge in [0, 0.05) is 11.6 Å². The lowest BCUT2D eigenvalue weighted by Crippen LogP contribution is -2.13. The fraction of sp³-hybridized carbons (Fsp3) is 0.0625. The molecule has 7 heteroatoms. The van der Waals surface area contributed by atoms with E-state index in [1.165, 1.54) is 18.2 Å². The van der Waals surface area contributed by atoms with E-state index in [1.54, 1.807) is 24.4 Å². The number of nitrogens with zero attached hydrogens (tertiary/aromatic N) is 1. The van der Waals surface area contributed by atoms with Crippen molar-refractivity contribution in [2.24, 2.45) is 0 Å². The summed E-state index contributed by atoms with van der Waals surface area (Å²) in [6, 6.07) is 9.36. The molecule has 0 spiro atoms. The van der Waals surface area contributed by atoms with Gasteiger partial charge in [-0.2, -0.15) is 0 Å². The molecule has 3 aromatic rings. The third-order valence-electron chi connectivity index (χ3n) is 3.50. The maximum atomic E-state index is 12.5. The number of nitrogens with one attached hydrogen (secondary N) is 2. The fourth-order valence-corrected chi connectivity index (χ4v) is 3.79. The van der Waals surface area contributed by atoms with Crippen LogP contribution in [-0.4, -0.2) is 13.4 Å². The average molecular weight is 346 g/mol. The van der Waals surface area contributed by atoms with Crippen LogP contribution in [0.4, 0.5) is 11.4 Å². The second-order valence-electron chi connectivity index (χ2n) is 5.03. The van der Waals surface area contributed by atoms with E-state index < -0.39 is 10.0 Å². The van der Waals surface area contributed by atoms with Gasteiger partial charge in [-0.15, -0.1) is 0 Å².